The molecular weight excluding hydrogens is 286 g/mol. The second-order valence-electron chi connectivity index (χ2n) is 7.09. The molecule has 2 aliphatic rings. The summed E-state index contributed by atoms with van der Waals surface area (Å²) >= 11 is 0. The third-order valence-electron chi connectivity index (χ3n) is 5.73. The molecule has 1 aromatic carbocycles. The number of rotatable bonds is 4. The highest BCUT2D eigenvalue weighted by molar-refractivity contribution is 5.89. The zero-order valence-electron chi connectivity index (χ0n) is 13.9. The number of hydrogen-bond acceptors (Lipinski definition) is 2. The van der Waals surface area contributed by atoms with Gasteiger partial charge in [-0.25, -0.2) is 0 Å². The van der Waals surface area contributed by atoms with Gasteiger partial charge in [0.15, 0.2) is 0 Å². The van der Waals surface area contributed by atoms with Crippen LogP contribution in [-0.4, -0.2) is 41.5 Å². The van der Waals surface area contributed by atoms with Crippen LogP contribution < -0.4 is 5.32 Å². The van der Waals surface area contributed by atoms with Crippen molar-refractivity contribution in [3.63, 3.8) is 0 Å². The number of fused-ring (bicyclic) bond motifs is 2. The Hall–Kier alpha value is -1.81. The highest BCUT2D eigenvalue weighted by Gasteiger charge is 2.40. The van der Waals surface area contributed by atoms with Crippen LogP contribution in [0.3, 0.4) is 0 Å². The first-order valence-corrected chi connectivity index (χ1v) is 8.76. The molecule has 3 atom stereocenters. The van der Waals surface area contributed by atoms with Crippen molar-refractivity contribution in [2.75, 3.05) is 13.1 Å². The Bertz CT molecular complexity index is 736. The van der Waals surface area contributed by atoms with Gasteiger partial charge in [0.2, 0.25) is 6.41 Å². The SMILES string of the molecule is CCCN1C[C@@H](NC=O)CC2c3cccc4[nH]c(C)c(c34)C[C@H]21. The van der Waals surface area contributed by atoms with Crippen LogP contribution in [0, 0.1) is 6.92 Å². The van der Waals surface area contributed by atoms with E-state index in [0.717, 1.165) is 38.8 Å². The number of H-pyrrole nitrogens is 1. The van der Waals surface area contributed by atoms with E-state index in [1.54, 1.807) is 0 Å². The lowest BCUT2D eigenvalue weighted by Gasteiger charge is -2.47. The van der Waals surface area contributed by atoms with E-state index >= 15 is 0 Å². The van der Waals surface area contributed by atoms with Crippen LogP contribution >= 0.6 is 0 Å². The van der Waals surface area contributed by atoms with Gasteiger partial charge in [-0.3, -0.25) is 9.69 Å². The van der Waals surface area contributed by atoms with E-state index in [0.29, 0.717) is 12.0 Å². The predicted molar refractivity (Wildman–Crippen MR) is 92.7 cm³/mol. The number of aryl methyl sites for hydroxylation is 1. The second-order valence-corrected chi connectivity index (χ2v) is 7.09. The Balaban J connectivity index is 1.80. The summed E-state index contributed by atoms with van der Waals surface area (Å²) in [4.78, 5) is 17.1. The van der Waals surface area contributed by atoms with Crippen LogP contribution in [0.5, 0.6) is 0 Å². The van der Waals surface area contributed by atoms with Crippen molar-refractivity contribution < 1.29 is 4.79 Å². The fourth-order valence-electron chi connectivity index (χ4n) is 4.83. The molecule has 0 bridgehead atoms. The lowest BCUT2D eigenvalue weighted by atomic mass is 9.73. The lowest BCUT2D eigenvalue weighted by molar-refractivity contribution is -0.110. The largest absolute Gasteiger partial charge is 0.358 e. The number of carbonyl (C=O) groups is 1. The van der Waals surface area contributed by atoms with Crippen LogP contribution in [0.2, 0.25) is 0 Å². The van der Waals surface area contributed by atoms with Gasteiger partial charge >= 0.3 is 0 Å². The van der Waals surface area contributed by atoms with Gasteiger partial charge < -0.3 is 10.3 Å². The average Bonchev–Trinajstić information content (AvgIpc) is 2.86. The quantitative estimate of drug-likeness (QED) is 0.853. The Morgan fingerprint density at radius 1 is 1.43 bits per heavy atom. The highest BCUT2D eigenvalue weighted by atomic mass is 16.1. The van der Waals surface area contributed by atoms with Crippen molar-refractivity contribution in [2.45, 2.75) is 51.1 Å². The Morgan fingerprint density at radius 2 is 2.30 bits per heavy atom. The van der Waals surface area contributed by atoms with Crippen molar-refractivity contribution in [1.82, 2.24) is 15.2 Å². The first kappa shape index (κ1) is 14.8. The summed E-state index contributed by atoms with van der Waals surface area (Å²) in [6, 6.07) is 7.47. The van der Waals surface area contributed by atoms with Crippen LogP contribution in [0.15, 0.2) is 18.2 Å². The van der Waals surface area contributed by atoms with E-state index in [9.17, 15) is 4.79 Å². The number of likely N-dealkylation sites (tertiary alicyclic amines) is 1. The van der Waals surface area contributed by atoms with Crippen molar-refractivity contribution >= 4 is 17.3 Å². The maximum Gasteiger partial charge on any atom is 0.207 e. The summed E-state index contributed by atoms with van der Waals surface area (Å²) in [7, 11) is 0. The number of aromatic amines is 1. The molecule has 1 saturated heterocycles. The molecule has 4 nitrogen and oxygen atoms in total. The molecule has 122 valence electrons. The molecule has 4 rings (SSSR count). The highest BCUT2D eigenvalue weighted by Crippen LogP contribution is 2.44. The molecule has 23 heavy (non-hydrogen) atoms. The monoisotopic (exact) mass is 311 g/mol. The van der Waals surface area contributed by atoms with Gasteiger partial charge in [0.25, 0.3) is 0 Å². The fraction of sp³-hybridized carbons (Fsp3) is 0.526. The standard InChI is InChI=1S/C19H25N3O/c1-3-7-22-10-13(20-11-23)8-16-14-5-4-6-17-19(14)15(9-18(16)22)12(2)21-17/h4-6,11,13,16,18,21H,3,7-10H2,1-2H3,(H,20,23)/t13-,16?,18+/m0/s1. The first-order valence-electron chi connectivity index (χ1n) is 8.76. The molecule has 1 aliphatic heterocycles. The third kappa shape index (κ3) is 2.27. The minimum absolute atomic E-state index is 0.261. The minimum atomic E-state index is 0.261. The zero-order chi connectivity index (χ0) is 16.0. The number of piperidine rings is 1. The second kappa shape index (κ2) is 5.68. The molecule has 1 unspecified atom stereocenters. The maximum atomic E-state index is 11.0. The number of aromatic nitrogens is 1. The Labute approximate surface area is 137 Å². The van der Waals surface area contributed by atoms with Gasteiger partial charge in [0, 0.05) is 41.1 Å². The number of benzene rings is 1. The summed E-state index contributed by atoms with van der Waals surface area (Å²) < 4.78 is 0. The Morgan fingerprint density at radius 3 is 3.09 bits per heavy atom. The number of amides is 1. The molecule has 2 aromatic rings. The molecule has 0 saturated carbocycles. The number of nitrogens with one attached hydrogen (secondary N) is 2. The first-order chi connectivity index (χ1) is 11.2. The van der Waals surface area contributed by atoms with E-state index in [4.69, 9.17) is 0 Å². The lowest BCUT2D eigenvalue weighted by Crippen LogP contribution is -2.55. The zero-order valence-corrected chi connectivity index (χ0v) is 13.9. The van der Waals surface area contributed by atoms with Gasteiger partial charge in [-0.1, -0.05) is 19.1 Å². The van der Waals surface area contributed by atoms with E-state index < -0.39 is 0 Å². The molecule has 0 spiro atoms. The van der Waals surface area contributed by atoms with Crippen molar-refractivity contribution in [3.05, 3.63) is 35.0 Å². The van der Waals surface area contributed by atoms with Crippen LogP contribution in [-0.2, 0) is 11.2 Å². The van der Waals surface area contributed by atoms with Crippen LogP contribution in [0.4, 0.5) is 0 Å². The number of nitrogens with zero attached hydrogens (tertiary/aromatic N) is 1. The van der Waals surface area contributed by atoms with Gasteiger partial charge in [0.1, 0.15) is 0 Å². The van der Waals surface area contributed by atoms with Crippen LogP contribution in [0.25, 0.3) is 10.9 Å². The summed E-state index contributed by atoms with van der Waals surface area (Å²) in [5.74, 6) is 0.513. The fourth-order valence-corrected chi connectivity index (χ4v) is 4.83. The van der Waals surface area contributed by atoms with Crippen molar-refractivity contribution in [2.24, 2.45) is 0 Å². The number of hydrogen-bond donors (Lipinski definition) is 2. The van der Waals surface area contributed by atoms with Crippen LogP contribution in [0.1, 0.15) is 42.5 Å². The molecule has 1 fully saturated rings. The van der Waals surface area contributed by atoms with Gasteiger partial charge in [-0.15, -0.1) is 0 Å². The van der Waals surface area contributed by atoms with E-state index in [1.807, 2.05) is 0 Å². The van der Waals surface area contributed by atoms with Gasteiger partial charge in [-0.05, 0) is 49.9 Å². The smallest absolute Gasteiger partial charge is 0.207 e. The van der Waals surface area contributed by atoms with E-state index in [-0.39, 0.29) is 6.04 Å². The molecule has 0 radical (unpaired) electrons. The summed E-state index contributed by atoms with van der Waals surface area (Å²) in [5.41, 5.74) is 5.55. The van der Waals surface area contributed by atoms with Crippen molar-refractivity contribution in [1.29, 1.82) is 0 Å². The summed E-state index contributed by atoms with van der Waals surface area (Å²) in [6.07, 6.45) is 4.19. The van der Waals surface area contributed by atoms with Gasteiger partial charge in [-0.2, -0.15) is 0 Å². The molecule has 2 heterocycles. The molecule has 1 amide bonds. The Kier molecular flexibility index (Phi) is 3.64. The number of carbonyl (C=O) groups excluding carboxylic acids is 1. The summed E-state index contributed by atoms with van der Waals surface area (Å²) in [5, 5.41) is 4.48. The normalized spacial score (nSPS) is 27.0. The molecule has 1 aliphatic carbocycles. The maximum absolute atomic E-state index is 11.0. The summed E-state index contributed by atoms with van der Waals surface area (Å²) in [6.45, 7) is 6.51. The molecular formula is C19H25N3O. The molecule has 4 heteroatoms. The molecule has 1 aromatic heterocycles. The van der Waals surface area contributed by atoms with Crippen molar-refractivity contribution in [3.8, 4) is 0 Å². The van der Waals surface area contributed by atoms with Gasteiger partial charge in [0.05, 0.1) is 0 Å². The average molecular weight is 311 g/mol. The minimum Gasteiger partial charge on any atom is -0.358 e. The molecule has 2 N–H and O–H groups in total. The topological polar surface area (TPSA) is 48.1 Å². The predicted octanol–water partition coefficient (Wildman–Crippen LogP) is 2.71. The van der Waals surface area contributed by atoms with E-state index in [2.05, 4.69) is 47.2 Å². The third-order valence-corrected chi connectivity index (χ3v) is 5.73. The van der Waals surface area contributed by atoms with E-state index in [1.165, 1.54) is 27.7 Å².